The molecule has 0 atom stereocenters. The van der Waals surface area contributed by atoms with Crippen LogP contribution in [-0.4, -0.2) is 9.97 Å². The maximum atomic E-state index is 12.7. The third-order valence-electron chi connectivity index (χ3n) is 2.05. The summed E-state index contributed by atoms with van der Waals surface area (Å²) < 4.78 is 12.7. The minimum atomic E-state index is -0.358. The standard InChI is InChI=1S/C10H10FN7/c11-5-1-3-6(4-2-5)17-18-7-8(12)15-10(14)16-9(7)13/h1-4H,(H6,12,13,14,15,16). The predicted molar refractivity (Wildman–Crippen MR) is 65.8 cm³/mol. The van der Waals surface area contributed by atoms with Crippen molar-refractivity contribution in [2.24, 2.45) is 10.2 Å². The summed E-state index contributed by atoms with van der Waals surface area (Å²) in [7, 11) is 0. The minimum Gasteiger partial charge on any atom is -0.382 e. The molecular weight excluding hydrogens is 237 g/mol. The first-order valence-corrected chi connectivity index (χ1v) is 4.92. The Balaban J connectivity index is 2.31. The summed E-state index contributed by atoms with van der Waals surface area (Å²) in [5.74, 6) is -0.328. The van der Waals surface area contributed by atoms with Crippen molar-refractivity contribution in [3.63, 3.8) is 0 Å². The Morgan fingerprint density at radius 3 is 2.00 bits per heavy atom. The van der Waals surface area contributed by atoms with Gasteiger partial charge < -0.3 is 17.2 Å². The highest BCUT2D eigenvalue weighted by Crippen LogP contribution is 2.28. The summed E-state index contributed by atoms with van der Waals surface area (Å²) in [5, 5.41) is 7.66. The van der Waals surface area contributed by atoms with Gasteiger partial charge in [-0.3, -0.25) is 0 Å². The quantitative estimate of drug-likeness (QED) is 0.696. The van der Waals surface area contributed by atoms with Crippen LogP contribution in [0.15, 0.2) is 34.5 Å². The molecule has 0 saturated carbocycles. The van der Waals surface area contributed by atoms with Gasteiger partial charge in [-0.25, -0.2) is 4.39 Å². The van der Waals surface area contributed by atoms with E-state index >= 15 is 0 Å². The molecule has 2 rings (SSSR count). The molecule has 0 aliphatic heterocycles. The number of aromatic nitrogens is 2. The van der Waals surface area contributed by atoms with E-state index in [2.05, 4.69) is 20.2 Å². The van der Waals surface area contributed by atoms with Gasteiger partial charge in [0.2, 0.25) is 5.95 Å². The molecule has 0 aliphatic rings. The van der Waals surface area contributed by atoms with Crippen molar-refractivity contribution >= 4 is 29.0 Å². The molecular formula is C10H10FN7. The smallest absolute Gasteiger partial charge is 0.224 e. The van der Waals surface area contributed by atoms with Crippen LogP contribution in [0.2, 0.25) is 0 Å². The Hall–Kier alpha value is -2.77. The van der Waals surface area contributed by atoms with Gasteiger partial charge in [0.05, 0.1) is 5.69 Å². The lowest BCUT2D eigenvalue weighted by Crippen LogP contribution is -2.03. The van der Waals surface area contributed by atoms with E-state index in [0.29, 0.717) is 5.69 Å². The van der Waals surface area contributed by atoms with E-state index in [1.165, 1.54) is 24.3 Å². The lowest BCUT2D eigenvalue weighted by molar-refractivity contribution is 0.628. The average molecular weight is 247 g/mol. The van der Waals surface area contributed by atoms with E-state index in [4.69, 9.17) is 17.2 Å². The number of rotatable bonds is 2. The lowest BCUT2D eigenvalue weighted by atomic mass is 10.3. The van der Waals surface area contributed by atoms with Crippen LogP contribution in [0.25, 0.3) is 0 Å². The largest absolute Gasteiger partial charge is 0.382 e. The van der Waals surface area contributed by atoms with Crippen molar-refractivity contribution in [3.05, 3.63) is 30.1 Å². The molecule has 1 aromatic carbocycles. The summed E-state index contributed by atoms with van der Waals surface area (Å²) >= 11 is 0. The van der Waals surface area contributed by atoms with Crippen LogP contribution in [0.4, 0.5) is 33.3 Å². The summed E-state index contributed by atoms with van der Waals surface area (Å²) in [4.78, 5) is 7.42. The molecule has 0 bridgehead atoms. The summed E-state index contributed by atoms with van der Waals surface area (Å²) in [6, 6.07) is 5.45. The minimum absolute atomic E-state index is 0.0332. The van der Waals surface area contributed by atoms with Crippen molar-refractivity contribution in [1.82, 2.24) is 9.97 Å². The zero-order valence-corrected chi connectivity index (χ0v) is 9.21. The first kappa shape index (κ1) is 11.7. The maximum Gasteiger partial charge on any atom is 0.224 e. The highest BCUT2D eigenvalue weighted by Gasteiger charge is 2.07. The second-order valence-electron chi connectivity index (χ2n) is 3.38. The Morgan fingerprint density at radius 1 is 0.889 bits per heavy atom. The van der Waals surface area contributed by atoms with Gasteiger partial charge in [-0.05, 0) is 24.3 Å². The molecule has 0 unspecified atom stereocenters. The van der Waals surface area contributed by atoms with Crippen molar-refractivity contribution in [1.29, 1.82) is 0 Å². The van der Waals surface area contributed by atoms with E-state index in [1.54, 1.807) is 0 Å². The second-order valence-corrected chi connectivity index (χ2v) is 3.38. The van der Waals surface area contributed by atoms with Crippen molar-refractivity contribution in [3.8, 4) is 0 Å². The number of nitrogens with zero attached hydrogens (tertiary/aromatic N) is 4. The van der Waals surface area contributed by atoms with Gasteiger partial charge in [0.25, 0.3) is 0 Å². The highest BCUT2D eigenvalue weighted by molar-refractivity contribution is 5.71. The van der Waals surface area contributed by atoms with Crippen LogP contribution in [0.3, 0.4) is 0 Å². The summed E-state index contributed by atoms with van der Waals surface area (Å²) in [5.41, 5.74) is 17.1. The molecule has 0 spiro atoms. The van der Waals surface area contributed by atoms with Crippen molar-refractivity contribution in [2.75, 3.05) is 17.2 Å². The molecule has 1 heterocycles. The molecule has 0 amide bonds. The number of anilines is 3. The Kier molecular flexibility index (Phi) is 3.00. The van der Waals surface area contributed by atoms with Crippen LogP contribution in [0.5, 0.6) is 0 Å². The molecule has 2 aromatic rings. The van der Waals surface area contributed by atoms with Crippen LogP contribution >= 0.6 is 0 Å². The van der Waals surface area contributed by atoms with Crippen LogP contribution in [0, 0.1) is 5.82 Å². The van der Waals surface area contributed by atoms with E-state index in [-0.39, 0.29) is 29.1 Å². The number of hydrogen-bond acceptors (Lipinski definition) is 7. The third-order valence-corrected chi connectivity index (χ3v) is 2.05. The van der Waals surface area contributed by atoms with Gasteiger partial charge in [-0.1, -0.05) is 0 Å². The Bertz CT molecular complexity index is 571. The highest BCUT2D eigenvalue weighted by atomic mass is 19.1. The topological polar surface area (TPSA) is 129 Å². The summed E-state index contributed by atoms with van der Waals surface area (Å²) in [6.07, 6.45) is 0. The first-order chi connectivity index (χ1) is 8.56. The van der Waals surface area contributed by atoms with Gasteiger partial charge in [0.1, 0.15) is 5.82 Å². The van der Waals surface area contributed by atoms with Crippen LogP contribution < -0.4 is 17.2 Å². The SMILES string of the molecule is Nc1nc(N)c(N=Nc2ccc(F)cc2)c(N)n1. The van der Waals surface area contributed by atoms with Gasteiger partial charge >= 0.3 is 0 Å². The van der Waals surface area contributed by atoms with Gasteiger partial charge in [-0.2, -0.15) is 15.1 Å². The third kappa shape index (κ3) is 2.48. The van der Waals surface area contributed by atoms with Crippen LogP contribution in [-0.2, 0) is 0 Å². The monoisotopic (exact) mass is 247 g/mol. The number of benzene rings is 1. The molecule has 0 radical (unpaired) electrons. The normalized spacial score (nSPS) is 10.9. The number of nitrogens with two attached hydrogens (primary N) is 3. The molecule has 18 heavy (non-hydrogen) atoms. The average Bonchev–Trinajstić information content (AvgIpc) is 2.30. The van der Waals surface area contributed by atoms with Gasteiger partial charge in [0.15, 0.2) is 17.3 Å². The first-order valence-electron chi connectivity index (χ1n) is 4.92. The zero-order chi connectivity index (χ0) is 13.1. The van der Waals surface area contributed by atoms with Gasteiger partial charge in [-0.15, -0.1) is 5.11 Å². The molecule has 7 nitrogen and oxygen atoms in total. The fourth-order valence-electron chi connectivity index (χ4n) is 1.23. The Morgan fingerprint density at radius 2 is 1.44 bits per heavy atom. The zero-order valence-electron chi connectivity index (χ0n) is 9.21. The van der Waals surface area contributed by atoms with E-state index in [0.717, 1.165) is 0 Å². The number of azo groups is 1. The molecule has 92 valence electrons. The van der Waals surface area contributed by atoms with Crippen molar-refractivity contribution in [2.45, 2.75) is 0 Å². The Labute approximate surface area is 102 Å². The molecule has 0 fully saturated rings. The second kappa shape index (κ2) is 4.62. The lowest BCUT2D eigenvalue weighted by Gasteiger charge is -2.02. The molecule has 8 heteroatoms. The van der Waals surface area contributed by atoms with Gasteiger partial charge in [0, 0.05) is 0 Å². The maximum absolute atomic E-state index is 12.7. The van der Waals surface area contributed by atoms with E-state index < -0.39 is 0 Å². The van der Waals surface area contributed by atoms with Crippen LogP contribution in [0.1, 0.15) is 0 Å². The van der Waals surface area contributed by atoms with E-state index in [9.17, 15) is 4.39 Å². The fourth-order valence-corrected chi connectivity index (χ4v) is 1.23. The molecule has 6 N–H and O–H groups in total. The summed E-state index contributed by atoms with van der Waals surface area (Å²) in [6.45, 7) is 0. The predicted octanol–water partition coefficient (Wildman–Crippen LogP) is 1.78. The number of hydrogen-bond donors (Lipinski definition) is 3. The molecule has 0 saturated heterocycles. The van der Waals surface area contributed by atoms with Crippen molar-refractivity contribution < 1.29 is 4.39 Å². The number of halogens is 1. The number of nitrogen functional groups attached to an aromatic ring is 3. The fraction of sp³-hybridized carbons (Fsp3) is 0. The van der Waals surface area contributed by atoms with E-state index in [1.807, 2.05) is 0 Å². The molecule has 1 aromatic heterocycles. The molecule has 0 aliphatic carbocycles.